The lowest BCUT2D eigenvalue weighted by molar-refractivity contribution is -0.114. The molecule has 1 fully saturated rings. The fourth-order valence-electron chi connectivity index (χ4n) is 4.68. The number of hydrogen-bond acceptors (Lipinski definition) is 7. The number of nitrogens with zero attached hydrogens (tertiary/aromatic N) is 3. The SMILES string of the molecule is C=C(F)C(=O)Nc1cc2c(Nc3ccc(OCc4cccc(F)c4)c(Cl)c3)ncnc2cc1OCCN1CCCCC1. The summed E-state index contributed by atoms with van der Waals surface area (Å²) < 4.78 is 38.9. The molecule has 0 aliphatic carbocycles. The van der Waals surface area contributed by atoms with Gasteiger partial charge in [0, 0.05) is 23.7 Å². The van der Waals surface area contributed by atoms with Crippen molar-refractivity contribution in [2.24, 2.45) is 0 Å². The molecule has 0 atom stereocenters. The van der Waals surface area contributed by atoms with Crippen LogP contribution >= 0.6 is 11.6 Å². The topological polar surface area (TPSA) is 88.6 Å². The van der Waals surface area contributed by atoms with Crippen LogP contribution in [0.4, 0.5) is 26.0 Å². The Bertz CT molecular complexity index is 1600. The van der Waals surface area contributed by atoms with Crippen molar-refractivity contribution in [2.75, 3.05) is 36.9 Å². The van der Waals surface area contributed by atoms with Crippen LogP contribution in [-0.2, 0) is 11.4 Å². The molecule has 1 aliphatic rings. The molecule has 11 heteroatoms. The van der Waals surface area contributed by atoms with E-state index in [1.54, 1.807) is 42.5 Å². The van der Waals surface area contributed by atoms with E-state index in [2.05, 4.69) is 32.1 Å². The molecule has 4 aromatic rings. The van der Waals surface area contributed by atoms with E-state index in [4.69, 9.17) is 21.1 Å². The largest absolute Gasteiger partial charge is 0.490 e. The van der Waals surface area contributed by atoms with Crippen LogP contribution in [0.1, 0.15) is 24.8 Å². The van der Waals surface area contributed by atoms with Gasteiger partial charge in [-0.05, 0) is 67.9 Å². The van der Waals surface area contributed by atoms with Crippen molar-refractivity contribution in [2.45, 2.75) is 25.9 Å². The molecule has 0 radical (unpaired) electrons. The molecule has 218 valence electrons. The molecule has 1 aliphatic heterocycles. The quantitative estimate of drug-likeness (QED) is 0.180. The Balaban J connectivity index is 1.35. The number of carbonyl (C=O) groups excluding carboxylic acids is 1. The van der Waals surface area contributed by atoms with Crippen LogP contribution in [0.3, 0.4) is 0 Å². The Morgan fingerprint density at radius 3 is 2.62 bits per heavy atom. The lowest BCUT2D eigenvalue weighted by atomic mass is 10.1. The van der Waals surface area contributed by atoms with Crippen molar-refractivity contribution < 1.29 is 23.0 Å². The maximum atomic E-state index is 13.6. The maximum Gasteiger partial charge on any atom is 0.283 e. The van der Waals surface area contributed by atoms with E-state index in [1.807, 2.05) is 0 Å². The molecule has 2 N–H and O–H groups in total. The van der Waals surface area contributed by atoms with E-state index in [0.29, 0.717) is 51.1 Å². The molecule has 0 saturated carbocycles. The number of likely N-dealkylation sites (tertiary alicyclic amines) is 1. The first-order valence-electron chi connectivity index (χ1n) is 13.6. The van der Waals surface area contributed by atoms with E-state index in [9.17, 15) is 13.6 Å². The van der Waals surface area contributed by atoms with E-state index in [0.717, 1.165) is 19.6 Å². The number of amides is 1. The van der Waals surface area contributed by atoms with Crippen LogP contribution < -0.4 is 20.1 Å². The molecule has 5 rings (SSSR count). The van der Waals surface area contributed by atoms with Crippen molar-refractivity contribution in [3.8, 4) is 11.5 Å². The zero-order chi connectivity index (χ0) is 29.5. The molecule has 2 heterocycles. The third kappa shape index (κ3) is 7.51. The summed E-state index contributed by atoms with van der Waals surface area (Å²) in [5.74, 6) is -1.21. The number of ether oxygens (including phenoxy) is 2. The fraction of sp³-hybridized carbons (Fsp3) is 0.258. The molecular weight excluding hydrogens is 564 g/mol. The van der Waals surface area contributed by atoms with E-state index in [-0.39, 0.29) is 18.1 Å². The van der Waals surface area contributed by atoms with Crippen LogP contribution in [0.5, 0.6) is 11.5 Å². The summed E-state index contributed by atoms with van der Waals surface area (Å²) in [7, 11) is 0. The van der Waals surface area contributed by atoms with Crippen molar-refractivity contribution in [1.29, 1.82) is 0 Å². The third-order valence-electron chi connectivity index (χ3n) is 6.82. The molecular formula is C31H30ClF2N5O3. The van der Waals surface area contributed by atoms with Crippen LogP contribution in [0.15, 0.2) is 73.3 Å². The number of halogens is 3. The minimum absolute atomic E-state index is 0.156. The van der Waals surface area contributed by atoms with Gasteiger partial charge in [-0.25, -0.2) is 18.7 Å². The third-order valence-corrected chi connectivity index (χ3v) is 7.12. The van der Waals surface area contributed by atoms with Gasteiger partial charge in [-0.2, -0.15) is 0 Å². The first-order chi connectivity index (χ1) is 20.4. The summed E-state index contributed by atoms with van der Waals surface area (Å²) in [6.07, 6.45) is 4.97. The Labute approximate surface area is 247 Å². The summed E-state index contributed by atoms with van der Waals surface area (Å²) in [4.78, 5) is 23.3. The van der Waals surface area contributed by atoms with Gasteiger partial charge in [-0.3, -0.25) is 9.69 Å². The molecule has 42 heavy (non-hydrogen) atoms. The second kappa shape index (κ2) is 13.6. The van der Waals surface area contributed by atoms with Gasteiger partial charge < -0.3 is 20.1 Å². The first kappa shape index (κ1) is 29.2. The van der Waals surface area contributed by atoms with Crippen LogP contribution in [-0.4, -0.2) is 47.0 Å². The molecule has 0 unspecified atom stereocenters. The minimum atomic E-state index is -1.12. The molecule has 3 aromatic carbocycles. The molecule has 0 bridgehead atoms. The second-order valence-corrected chi connectivity index (χ2v) is 10.3. The maximum absolute atomic E-state index is 13.6. The number of rotatable bonds is 11. The number of carbonyl (C=O) groups is 1. The van der Waals surface area contributed by atoms with Gasteiger partial charge in [0.25, 0.3) is 5.91 Å². The highest BCUT2D eigenvalue weighted by atomic mass is 35.5. The van der Waals surface area contributed by atoms with E-state index in [1.165, 1.54) is 37.7 Å². The number of fused-ring (bicyclic) bond motifs is 1. The van der Waals surface area contributed by atoms with E-state index < -0.39 is 11.7 Å². The number of anilines is 3. The number of piperidine rings is 1. The predicted octanol–water partition coefficient (Wildman–Crippen LogP) is 7.03. The van der Waals surface area contributed by atoms with Crippen molar-refractivity contribution in [1.82, 2.24) is 14.9 Å². The van der Waals surface area contributed by atoms with Gasteiger partial charge in [-0.15, -0.1) is 0 Å². The van der Waals surface area contributed by atoms with Crippen LogP contribution in [0, 0.1) is 5.82 Å². The van der Waals surface area contributed by atoms with Crippen molar-refractivity contribution >= 4 is 45.6 Å². The molecule has 1 amide bonds. The molecule has 8 nitrogen and oxygen atoms in total. The normalized spacial score (nSPS) is 13.5. The van der Waals surface area contributed by atoms with Gasteiger partial charge in [0.2, 0.25) is 0 Å². The molecule has 1 aromatic heterocycles. The summed E-state index contributed by atoms with van der Waals surface area (Å²) in [6.45, 7) is 6.43. The lowest BCUT2D eigenvalue weighted by Crippen LogP contribution is -2.33. The highest BCUT2D eigenvalue weighted by Gasteiger charge is 2.17. The van der Waals surface area contributed by atoms with Gasteiger partial charge in [-0.1, -0.05) is 36.7 Å². The predicted molar refractivity (Wildman–Crippen MR) is 160 cm³/mol. The number of aromatic nitrogens is 2. The summed E-state index contributed by atoms with van der Waals surface area (Å²) in [5, 5.41) is 6.65. The Kier molecular flexibility index (Phi) is 9.45. The zero-order valence-electron chi connectivity index (χ0n) is 22.8. The summed E-state index contributed by atoms with van der Waals surface area (Å²) in [5.41, 5.74) is 2.11. The Morgan fingerprint density at radius 1 is 1.02 bits per heavy atom. The lowest BCUT2D eigenvalue weighted by Gasteiger charge is -2.26. The Hall–Kier alpha value is -4.28. The highest BCUT2D eigenvalue weighted by molar-refractivity contribution is 6.32. The first-order valence-corrected chi connectivity index (χ1v) is 14.0. The average molecular weight is 594 g/mol. The standard InChI is InChI=1S/C31H30ClF2N5O3/c1-20(33)31(40)38-27-16-24-26(17-29(27)41-13-12-39-10-3-2-4-11-39)35-19-36-30(24)37-23-8-9-28(25(32)15-23)42-18-21-6-5-7-22(34)14-21/h5-9,14-17,19H,1-4,10-13,18H2,(H,38,40)(H,35,36,37). The smallest absolute Gasteiger partial charge is 0.283 e. The number of benzene rings is 3. The van der Waals surface area contributed by atoms with Gasteiger partial charge in [0.15, 0.2) is 5.83 Å². The minimum Gasteiger partial charge on any atom is -0.490 e. The zero-order valence-corrected chi connectivity index (χ0v) is 23.6. The van der Waals surface area contributed by atoms with E-state index >= 15 is 0 Å². The van der Waals surface area contributed by atoms with Crippen molar-refractivity contribution in [3.05, 3.63) is 89.7 Å². The second-order valence-electron chi connectivity index (χ2n) is 9.89. The average Bonchev–Trinajstić information content (AvgIpc) is 2.98. The summed E-state index contributed by atoms with van der Waals surface area (Å²) in [6, 6.07) is 14.6. The number of hydrogen-bond donors (Lipinski definition) is 2. The van der Waals surface area contributed by atoms with Crippen LogP contribution in [0.2, 0.25) is 5.02 Å². The molecule has 1 saturated heterocycles. The monoisotopic (exact) mass is 593 g/mol. The van der Waals surface area contributed by atoms with Crippen LogP contribution in [0.25, 0.3) is 10.9 Å². The Morgan fingerprint density at radius 2 is 1.86 bits per heavy atom. The summed E-state index contributed by atoms with van der Waals surface area (Å²) >= 11 is 6.47. The van der Waals surface area contributed by atoms with Gasteiger partial charge in [0.05, 0.1) is 16.2 Å². The molecule has 0 spiro atoms. The highest BCUT2D eigenvalue weighted by Crippen LogP contribution is 2.35. The van der Waals surface area contributed by atoms with Gasteiger partial charge >= 0.3 is 0 Å². The van der Waals surface area contributed by atoms with Gasteiger partial charge in [0.1, 0.15) is 42.7 Å². The number of nitrogens with one attached hydrogen (secondary N) is 2. The van der Waals surface area contributed by atoms with Crippen molar-refractivity contribution in [3.63, 3.8) is 0 Å². The fourth-order valence-corrected chi connectivity index (χ4v) is 4.91.